The van der Waals surface area contributed by atoms with Crippen LogP contribution in [0.5, 0.6) is 0 Å². The van der Waals surface area contributed by atoms with Gasteiger partial charge in [-0.05, 0) is 35.6 Å². The Morgan fingerprint density at radius 2 is 2.09 bits per heavy atom. The van der Waals surface area contributed by atoms with Crippen LogP contribution < -0.4 is 5.32 Å². The molecule has 0 spiro atoms. The maximum atomic E-state index is 12.0. The quantitative estimate of drug-likeness (QED) is 0.636. The van der Waals surface area contributed by atoms with Crippen LogP contribution in [-0.4, -0.2) is 22.5 Å². The van der Waals surface area contributed by atoms with Gasteiger partial charge in [-0.15, -0.1) is 16.4 Å². The van der Waals surface area contributed by atoms with Crippen LogP contribution in [-0.2, 0) is 11.2 Å². The Labute approximate surface area is 144 Å². The van der Waals surface area contributed by atoms with Crippen molar-refractivity contribution in [1.29, 1.82) is 0 Å². The molecule has 4 nitrogen and oxygen atoms in total. The molecule has 1 atom stereocenters. The Hall–Kier alpha value is -1.44. The van der Waals surface area contributed by atoms with Crippen molar-refractivity contribution < 1.29 is 4.79 Å². The van der Waals surface area contributed by atoms with E-state index in [4.69, 9.17) is 0 Å². The van der Waals surface area contributed by atoms with E-state index >= 15 is 0 Å². The summed E-state index contributed by atoms with van der Waals surface area (Å²) >= 11 is 6.42. The third kappa shape index (κ3) is 4.06. The molecule has 3 rings (SSSR count). The van der Waals surface area contributed by atoms with Crippen LogP contribution >= 0.6 is 39.0 Å². The average Bonchev–Trinajstić information content (AvgIpc) is 3.12. The lowest BCUT2D eigenvalue weighted by Crippen LogP contribution is -2.25. The third-order valence-electron chi connectivity index (χ3n) is 2.99. The minimum absolute atomic E-state index is 0.0157. The fourth-order valence-electron chi connectivity index (χ4n) is 1.92. The number of carbonyl (C=O) groups is 1. The zero-order valence-electron chi connectivity index (χ0n) is 11.4. The third-order valence-corrected chi connectivity index (χ3v) is 5.40. The molecule has 1 N–H and O–H groups in total. The van der Waals surface area contributed by atoms with Gasteiger partial charge in [-0.3, -0.25) is 4.79 Å². The topological polar surface area (TPSA) is 53.8 Å². The van der Waals surface area contributed by atoms with Gasteiger partial charge in [0.15, 0.2) is 5.17 Å². The molecule has 0 saturated carbocycles. The number of amidine groups is 1. The molecule has 1 aromatic heterocycles. The second kappa shape index (κ2) is 7.21. The predicted molar refractivity (Wildman–Crippen MR) is 96.7 cm³/mol. The van der Waals surface area contributed by atoms with Gasteiger partial charge in [-0.25, -0.2) is 0 Å². The highest BCUT2D eigenvalue weighted by Crippen LogP contribution is 2.24. The van der Waals surface area contributed by atoms with Gasteiger partial charge in [0.25, 0.3) is 0 Å². The van der Waals surface area contributed by atoms with E-state index in [1.807, 2.05) is 41.8 Å². The number of benzene rings is 1. The van der Waals surface area contributed by atoms with Gasteiger partial charge in [0, 0.05) is 9.35 Å². The van der Waals surface area contributed by atoms with Crippen LogP contribution in [0.4, 0.5) is 0 Å². The molecule has 7 heteroatoms. The first-order valence-electron chi connectivity index (χ1n) is 6.57. The van der Waals surface area contributed by atoms with Crippen molar-refractivity contribution >= 4 is 56.3 Å². The van der Waals surface area contributed by atoms with Crippen molar-refractivity contribution in [3.63, 3.8) is 0 Å². The van der Waals surface area contributed by atoms with E-state index in [0.29, 0.717) is 11.6 Å². The van der Waals surface area contributed by atoms with Crippen LogP contribution in [0.25, 0.3) is 0 Å². The lowest BCUT2D eigenvalue weighted by Gasteiger charge is -2.05. The van der Waals surface area contributed by atoms with Gasteiger partial charge in [0.1, 0.15) is 0 Å². The van der Waals surface area contributed by atoms with Gasteiger partial charge in [0.2, 0.25) is 5.91 Å². The molecule has 1 fully saturated rings. The first kappa shape index (κ1) is 15.5. The number of halogens is 1. The van der Waals surface area contributed by atoms with Crippen molar-refractivity contribution in [1.82, 2.24) is 5.32 Å². The normalized spacial score (nSPS) is 20.0. The smallest absolute Gasteiger partial charge is 0.239 e. The molecular formula is C15H12BrN3OS2. The highest BCUT2D eigenvalue weighted by atomic mass is 79.9. The monoisotopic (exact) mass is 393 g/mol. The fourth-order valence-corrected chi connectivity index (χ4v) is 3.73. The number of nitrogens with one attached hydrogen (secondary N) is 1. The Kier molecular flexibility index (Phi) is 5.07. The first-order valence-corrected chi connectivity index (χ1v) is 9.12. The molecule has 1 unspecified atom stereocenters. The van der Waals surface area contributed by atoms with Crippen LogP contribution in [0.2, 0.25) is 0 Å². The Bertz CT molecular complexity index is 711. The second-order valence-corrected chi connectivity index (χ2v) is 7.68. The number of hydrogen-bond acceptors (Lipinski definition) is 5. The van der Waals surface area contributed by atoms with E-state index in [2.05, 4.69) is 31.4 Å². The van der Waals surface area contributed by atoms with Crippen molar-refractivity contribution in [2.45, 2.75) is 11.7 Å². The van der Waals surface area contributed by atoms with E-state index in [9.17, 15) is 4.79 Å². The summed E-state index contributed by atoms with van der Waals surface area (Å²) in [4.78, 5) is 13.0. The molecule has 0 aliphatic carbocycles. The predicted octanol–water partition coefficient (Wildman–Crippen LogP) is 3.67. The summed E-state index contributed by atoms with van der Waals surface area (Å²) < 4.78 is 1.03. The zero-order chi connectivity index (χ0) is 15.4. The van der Waals surface area contributed by atoms with Gasteiger partial charge < -0.3 is 5.32 Å². The van der Waals surface area contributed by atoms with Crippen LogP contribution in [0, 0.1) is 0 Å². The average molecular weight is 394 g/mol. The Morgan fingerprint density at radius 3 is 2.82 bits per heavy atom. The number of rotatable bonds is 4. The van der Waals surface area contributed by atoms with E-state index in [1.165, 1.54) is 11.8 Å². The number of thiophene rings is 1. The molecule has 0 bridgehead atoms. The SMILES string of the molecule is O=C1NC(=N/N=C/c2cccs2)SC1Cc1ccc(Br)cc1. The first-order chi connectivity index (χ1) is 10.7. The Balaban J connectivity index is 1.61. The summed E-state index contributed by atoms with van der Waals surface area (Å²) in [5, 5.41) is 13.2. The summed E-state index contributed by atoms with van der Waals surface area (Å²) in [5.41, 5.74) is 1.12. The van der Waals surface area contributed by atoms with E-state index < -0.39 is 0 Å². The largest absolute Gasteiger partial charge is 0.303 e. The lowest BCUT2D eigenvalue weighted by molar-refractivity contribution is -0.118. The van der Waals surface area contributed by atoms with Crippen LogP contribution in [0.3, 0.4) is 0 Å². The zero-order valence-corrected chi connectivity index (χ0v) is 14.6. The van der Waals surface area contributed by atoms with E-state index in [0.717, 1.165) is 14.9 Å². The minimum atomic E-state index is -0.156. The standard InChI is InChI=1S/C15H12BrN3OS2/c16-11-5-3-10(4-6-11)8-13-14(20)18-15(22-13)19-17-9-12-2-1-7-21-12/h1-7,9,13H,8H2,(H,18,19,20)/b17-9+. The lowest BCUT2D eigenvalue weighted by atomic mass is 10.1. The van der Waals surface area contributed by atoms with Crippen LogP contribution in [0.15, 0.2) is 56.5 Å². The number of carbonyl (C=O) groups excluding carboxylic acids is 1. The highest BCUT2D eigenvalue weighted by molar-refractivity contribution is 9.10. The number of nitrogens with zero attached hydrogens (tertiary/aromatic N) is 2. The summed E-state index contributed by atoms with van der Waals surface area (Å²) in [6, 6.07) is 11.9. The number of thioether (sulfide) groups is 1. The maximum absolute atomic E-state index is 12.0. The summed E-state index contributed by atoms with van der Waals surface area (Å²) in [7, 11) is 0. The molecule has 2 aromatic rings. The number of amides is 1. The van der Waals surface area contributed by atoms with Gasteiger partial charge in [-0.1, -0.05) is 45.9 Å². The van der Waals surface area contributed by atoms with Crippen molar-refractivity contribution in [3.8, 4) is 0 Å². The summed E-state index contributed by atoms with van der Waals surface area (Å²) in [6.07, 6.45) is 2.36. The van der Waals surface area contributed by atoms with Crippen molar-refractivity contribution in [3.05, 3.63) is 56.7 Å². The molecule has 22 heavy (non-hydrogen) atoms. The molecule has 0 radical (unpaired) electrons. The van der Waals surface area contributed by atoms with Gasteiger partial charge >= 0.3 is 0 Å². The van der Waals surface area contributed by atoms with Crippen molar-refractivity contribution in [2.24, 2.45) is 10.2 Å². The highest BCUT2D eigenvalue weighted by Gasteiger charge is 2.30. The van der Waals surface area contributed by atoms with Crippen molar-refractivity contribution in [2.75, 3.05) is 0 Å². The van der Waals surface area contributed by atoms with E-state index in [1.54, 1.807) is 17.6 Å². The second-order valence-electron chi connectivity index (χ2n) is 4.59. The molecular weight excluding hydrogens is 382 g/mol. The van der Waals surface area contributed by atoms with Gasteiger partial charge in [-0.2, -0.15) is 5.10 Å². The molecule has 1 aromatic carbocycles. The molecule has 2 heterocycles. The summed E-state index contributed by atoms with van der Waals surface area (Å²) in [6.45, 7) is 0. The number of hydrogen-bond donors (Lipinski definition) is 1. The minimum Gasteiger partial charge on any atom is -0.303 e. The fraction of sp³-hybridized carbons (Fsp3) is 0.133. The Morgan fingerprint density at radius 1 is 1.27 bits per heavy atom. The maximum Gasteiger partial charge on any atom is 0.239 e. The summed E-state index contributed by atoms with van der Waals surface area (Å²) in [5.74, 6) is -0.0157. The molecule has 1 amide bonds. The van der Waals surface area contributed by atoms with E-state index in [-0.39, 0.29) is 11.2 Å². The molecule has 1 aliphatic rings. The molecule has 1 aliphatic heterocycles. The molecule has 112 valence electrons. The van der Waals surface area contributed by atoms with Crippen LogP contribution in [0.1, 0.15) is 10.4 Å². The molecule has 1 saturated heterocycles. The van der Waals surface area contributed by atoms with Gasteiger partial charge in [0.05, 0.1) is 11.5 Å².